The minimum atomic E-state index is -0.721. The lowest BCUT2D eigenvalue weighted by Gasteiger charge is -2.10. The summed E-state index contributed by atoms with van der Waals surface area (Å²) < 4.78 is 13.2. The first kappa shape index (κ1) is 10.1. The predicted molar refractivity (Wildman–Crippen MR) is 55.9 cm³/mol. The number of anilines is 1. The lowest BCUT2D eigenvalue weighted by atomic mass is 10.2. The van der Waals surface area contributed by atoms with E-state index in [4.69, 9.17) is 5.73 Å². The maximum atomic E-state index is 13.2. The predicted octanol–water partition coefficient (Wildman–Crippen LogP) is 1.56. The number of hydrogen-bond donors (Lipinski definition) is 2. The van der Waals surface area contributed by atoms with Gasteiger partial charge in [-0.1, -0.05) is 6.07 Å². The van der Waals surface area contributed by atoms with Crippen molar-refractivity contribution in [3.05, 3.63) is 29.6 Å². The third kappa shape index (κ3) is 1.99. The normalized spacial score (nSPS) is 17.3. The quantitative estimate of drug-likeness (QED) is 0.775. The minimum Gasteiger partial charge on any atom is -0.324 e. The molecular formula is C11H13FN2O. The third-order valence-corrected chi connectivity index (χ3v) is 2.67. The number of amides is 1. The van der Waals surface area contributed by atoms with Gasteiger partial charge in [-0.25, -0.2) is 4.39 Å². The summed E-state index contributed by atoms with van der Waals surface area (Å²) in [5, 5.41) is 2.61. The van der Waals surface area contributed by atoms with Gasteiger partial charge in [-0.05, 0) is 37.5 Å². The maximum absolute atomic E-state index is 13.2. The molecule has 2 rings (SSSR count). The van der Waals surface area contributed by atoms with E-state index in [2.05, 4.69) is 5.32 Å². The van der Waals surface area contributed by atoms with Crippen LogP contribution in [0.3, 0.4) is 0 Å². The SMILES string of the molecule is Cc1ccc(NC(=O)C2(N)CC2)cc1F. The van der Waals surface area contributed by atoms with Crippen molar-refractivity contribution < 1.29 is 9.18 Å². The third-order valence-electron chi connectivity index (χ3n) is 2.67. The van der Waals surface area contributed by atoms with Crippen molar-refractivity contribution in [2.24, 2.45) is 5.73 Å². The van der Waals surface area contributed by atoms with Crippen molar-refractivity contribution in [3.63, 3.8) is 0 Å². The first-order chi connectivity index (χ1) is 7.01. The van der Waals surface area contributed by atoms with Crippen molar-refractivity contribution >= 4 is 11.6 Å². The van der Waals surface area contributed by atoms with Gasteiger partial charge in [0.2, 0.25) is 5.91 Å². The molecule has 0 aromatic heterocycles. The fraction of sp³-hybridized carbons (Fsp3) is 0.364. The molecule has 0 bridgehead atoms. The number of nitrogens with two attached hydrogens (primary N) is 1. The zero-order valence-electron chi connectivity index (χ0n) is 8.51. The molecule has 1 saturated carbocycles. The number of hydrogen-bond acceptors (Lipinski definition) is 2. The Morgan fingerprint density at radius 2 is 2.20 bits per heavy atom. The van der Waals surface area contributed by atoms with Crippen LogP contribution in [0.25, 0.3) is 0 Å². The lowest BCUT2D eigenvalue weighted by molar-refractivity contribution is -0.118. The van der Waals surface area contributed by atoms with Crippen LogP contribution in [0.1, 0.15) is 18.4 Å². The molecule has 1 aromatic carbocycles. The summed E-state index contributed by atoms with van der Waals surface area (Å²) in [6.45, 7) is 1.67. The molecule has 1 aliphatic carbocycles. The average molecular weight is 208 g/mol. The van der Waals surface area contributed by atoms with E-state index in [-0.39, 0.29) is 11.7 Å². The van der Waals surface area contributed by atoms with E-state index in [0.717, 1.165) is 0 Å². The van der Waals surface area contributed by atoms with E-state index in [0.29, 0.717) is 24.1 Å². The molecule has 0 spiro atoms. The van der Waals surface area contributed by atoms with Crippen molar-refractivity contribution in [1.29, 1.82) is 0 Å². The van der Waals surface area contributed by atoms with Crippen LogP contribution in [0.15, 0.2) is 18.2 Å². The number of benzene rings is 1. The summed E-state index contributed by atoms with van der Waals surface area (Å²) in [5.74, 6) is -0.555. The van der Waals surface area contributed by atoms with Gasteiger partial charge in [0.05, 0.1) is 5.54 Å². The number of carbonyl (C=O) groups excluding carboxylic acids is 1. The Morgan fingerprint density at radius 1 is 1.53 bits per heavy atom. The van der Waals surface area contributed by atoms with Crippen LogP contribution in [0.4, 0.5) is 10.1 Å². The molecule has 1 aromatic rings. The summed E-state index contributed by atoms with van der Waals surface area (Å²) in [5.41, 5.74) is 5.99. The van der Waals surface area contributed by atoms with Crippen LogP contribution in [-0.2, 0) is 4.79 Å². The second-order valence-corrected chi connectivity index (χ2v) is 4.07. The molecule has 1 amide bonds. The second-order valence-electron chi connectivity index (χ2n) is 4.07. The van der Waals surface area contributed by atoms with Crippen LogP contribution in [-0.4, -0.2) is 11.4 Å². The molecule has 0 unspecified atom stereocenters. The fourth-order valence-corrected chi connectivity index (χ4v) is 1.29. The van der Waals surface area contributed by atoms with Crippen molar-refractivity contribution in [3.8, 4) is 0 Å². The smallest absolute Gasteiger partial charge is 0.244 e. The van der Waals surface area contributed by atoms with E-state index in [1.54, 1.807) is 19.1 Å². The van der Waals surface area contributed by atoms with Gasteiger partial charge in [-0.2, -0.15) is 0 Å². The van der Waals surface area contributed by atoms with Crippen LogP contribution in [0.5, 0.6) is 0 Å². The van der Waals surface area contributed by atoms with Crippen molar-refractivity contribution in [2.45, 2.75) is 25.3 Å². The Balaban J connectivity index is 2.11. The fourth-order valence-electron chi connectivity index (χ4n) is 1.29. The molecule has 80 valence electrons. The summed E-state index contributed by atoms with van der Waals surface area (Å²) in [7, 11) is 0. The molecule has 0 atom stereocenters. The van der Waals surface area contributed by atoms with Gasteiger partial charge in [-0.15, -0.1) is 0 Å². The zero-order chi connectivity index (χ0) is 11.1. The van der Waals surface area contributed by atoms with E-state index in [1.807, 2.05) is 0 Å². The Kier molecular flexibility index (Phi) is 2.23. The summed E-state index contributed by atoms with van der Waals surface area (Å²) in [6.07, 6.45) is 1.40. The van der Waals surface area contributed by atoms with Crippen LogP contribution in [0.2, 0.25) is 0 Å². The van der Waals surface area contributed by atoms with Gasteiger partial charge >= 0.3 is 0 Å². The van der Waals surface area contributed by atoms with E-state index < -0.39 is 5.54 Å². The molecule has 1 fully saturated rings. The lowest BCUT2D eigenvalue weighted by Crippen LogP contribution is -2.37. The topological polar surface area (TPSA) is 55.1 Å². The van der Waals surface area contributed by atoms with Crippen LogP contribution >= 0.6 is 0 Å². The number of carbonyl (C=O) groups is 1. The first-order valence-corrected chi connectivity index (χ1v) is 4.88. The van der Waals surface area contributed by atoms with Gasteiger partial charge in [0, 0.05) is 5.69 Å². The Bertz CT molecular complexity index is 413. The highest BCUT2D eigenvalue weighted by Crippen LogP contribution is 2.33. The standard InChI is InChI=1S/C11H13FN2O/c1-7-2-3-8(6-9(7)12)14-10(15)11(13)4-5-11/h2-3,6H,4-5,13H2,1H3,(H,14,15). The molecule has 0 heterocycles. The number of nitrogens with one attached hydrogen (secondary N) is 1. The molecule has 0 aliphatic heterocycles. The summed E-state index contributed by atoms with van der Waals surface area (Å²) in [4.78, 5) is 11.5. The largest absolute Gasteiger partial charge is 0.324 e. The van der Waals surface area contributed by atoms with Crippen molar-refractivity contribution in [2.75, 3.05) is 5.32 Å². The average Bonchev–Trinajstić information content (AvgIpc) is 2.92. The Hall–Kier alpha value is -1.42. The molecule has 3 N–H and O–H groups in total. The second kappa shape index (κ2) is 3.31. The molecule has 15 heavy (non-hydrogen) atoms. The van der Waals surface area contributed by atoms with Gasteiger partial charge in [0.25, 0.3) is 0 Å². The highest BCUT2D eigenvalue weighted by molar-refractivity contribution is 6.00. The minimum absolute atomic E-state index is 0.231. The van der Waals surface area contributed by atoms with E-state index in [9.17, 15) is 9.18 Å². The van der Waals surface area contributed by atoms with Crippen LogP contribution < -0.4 is 11.1 Å². The maximum Gasteiger partial charge on any atom is 0.244 e. The summed E-state index contributed by atoms with van der Waals surface area (Å²) >= 11 is 0. The van der Waals surface area contributed by atoms with Crippen LogP contribution in [0, 0.1) is 12.7 Å². The van der Waals surface area contributed by atoms with Gasteiger partial charge in [0.1, 0.15) is 5.82 Å². The highest BCUT2D eigenvalue weighted by atomic mass is 19.1. The molecule has 4 heteroatoms. The molecule has 0 saturated heterocycles. The van der Waals surface area contributed by atoms with Gasteiger partial charge in [-0.3, -0.25) is 4.79 Å². The zero-order valence-corrected chi connectivity index (χ0v) is 8.51. The monoisotopic (exact) mass is 208 g/mol. The van der Waals surface area contributed by atoms with E-state index >= 15 is 0 Å². The van der Waals surface area contributed by atoms with Gasteiger partial charge in [0.15, 0.2) is 0 Å². The number of halogens is 1. The Labute approximate surface area is 87.5 Å². The summed E-state index contributed by atoms with van der Waals surface area (Å²) in [6, 6.07) is 4.60. The molecule has 1 aliphatic rings. The highest BCUT2D eigenvalue weighted by Gasteiger charge is 2.45. The Morgan fingerprint density at radius 3 is 2.73 bits per heavy atom. The number of aryl methyl sites for hydroxylation is 1. The first-order valence-electron chi connectivity index (χ1n) is 4.88. The molecular weight excluding hydrogens is 195 g/mol. The molecule has 0 radical (unpaired) electrons. The van der Waals surface area contributed by atoms with E-state index in [1.165, 1.54) is 6.07 Å². The number of rotatable bonds is 2. The molecule has 3 nitrogen and oxygen atoms in total. The van der Waals surface area contributed by atoms with Gasteiger partial charge < -0.3 is 11.1 Å². The van der Waals surface area contributed by atoms with Crippen molar-refractivity contribution in [1.82, 2.24) is 0 Å².